The quantitative estimate of drug-likeness (QED) is 0.599. The van der Waals surface area contributed by atoms with Gasteiger partial charge in [0.15, 0.2) is 5.78 Å². The summed E-state index contributed by atoms with van der Waals surface area (Å²) < 4.78 is 11.4. The third-order valence-corrected chi connectivity index (χ3v) is 5.16. The Balaban J connectivity index is 1.89. The van der Waals surface area contributed by atoms with Crippen LogP contribution < -0.4 is 0 Å². The molecule has 17 heavy (non-hydrogen) atoms. The molecule has 1 heterocycles. The summed E-state index contributed by atoms with van der Waals surface area (Å²) >= 11 is 0. The summed E-state index contributed by atoms with van der Waals surface area (Å²) in [6, 6.07) is 0. The SMILES string of the molecule is C[C@@]12C=C[C@@]13OCOC[C@@H]3CC1=C2CCC1=O. The fourth-order valence-electron chi connectivity index (χ4n) is 4.14. The zero-order chi connectivity index (χ0) is 11.7. The van der Waals surface area contributed by atoms with Gasteiger partial charge in [0.05, 0.1) is 6.61 Å². The largest absolute Gasteiger partial charge is 0.355 e. The highest BCUT2D eigenvalue weighted by Gasteiger charge is 2.63. The highest BCUT2D eigenvalue weighted by molar-refractivity contribution is 5.99. The predicted octanol–water partition coefficient (Wildman–Crippen LogP) is 1.98. The molecule has 90 valence electrons. The Labute approximate surface area is 100 Å². The van der Waals surface area contributed by atoms with Crippen LogP contribution in [0, 0.1) is 11.3 Å². The number of allylic oxidation sites excluding steroid dienone is 1. The molecule has 0 unspecified atom stereocenters. The number of carbonyl (C=O) groups is 1. The highest BCUT2D eigenvalue weighted by Crippen LogP contribution is 2.63. The van der Waals surface area contributed by atoms with E-state index in [9.17, 15) is 4.79 Å². The van der Waals surface area contributed by atoms with E-state index in [-0.39, 0.29) is 11.0 Å². The fourth-order valence-corrected chi connectivity index (χ4v) is 4.14. The number of fused-ring (bicyclic) bond motifs is 1. The van der Waals surface area contributed by atoms with Crippen LogP contribution in [0.1, 0.15) is 26.2 Å². The van der Waals surface area contributed by atoms with Gasteiger partial charge in [-0.2, -0.15) is 0 Å². The molecular weight excluding hydrogens is 216 g/mol. The summed E-state index contributed by atoms with van der Waals surface area (Å²) in [5.41, 5.74) is 2.17. The first kappa shape index (κ1) is 10.0. The molecule has 3 aliphatic carbocycles. The topological polar surface area (TPSA) is 35.5 Å². The van der Waals surface area contributed by atoms with E-state index in [4.69, 9.17) is 9.47 Å². The van der Waals surface area contributed by atoms with E-state index in [0.29, 0.717) is 31.5 Å². The number of ether oxygens (including phenoxy) is 2. The van der Waals surface area contributed by atoms with Crippen LogP contribution in [0.25, 0.3) is 0 Å². The van der Waals surface area contributed by atoms with Gasteiger partial charge in [0.2, 0.25) is 0 Å². The lowest BCUT2D eigenvalue weighted by molar-refractivity contribution is -0.244. The van der Waals surface area contributed by atoms with E-state index >= 15 is 0 Å². The normalized spacial score (nSPS) is 47.4. The Bertz CT molecular complexity index is 476. The Morgan fingerprint density at radius 3 is 3.00 bits per heavy atom. The van der Waals surface area contributed by atoms with Crippen LogP contribution in [0.5, 0.6) is 0 Å². The zero-order valence-corrected chi connectivity index (χ0v) is 9.99. The monoisotopic (exact) mass is 232 g/mol. The third kappa shape index (κ3) is 0.949. The molecule has 3 atom stereocenters. The number of rotatable bonds is 0. The van der Waals surface area contributed by atoms with E-state index in [1.165, 1.54) is 5.57 Å². The molecular formula is C14H16O3. The van der Waals surface area contributed by atoms with Crippen molar-refractivity contribution in [3.63, 3.8) is 0 Å². The van der Waals surface area contributed by atoms with E-state index in [1.807, 2.05) is 0 Å². The van der Waals surface area contributed by atoms with Gasteiger partial charge in [-0.3, -0.25) is 4.79 Å². The number of hydrogen-bond acceptors (Lipinski definition) is 3. The Morgan fingerprint density at radius 1 is 1.35 bits per heavy atom. The minimum absolute atomic E-state index is 0.0544. The van der Waals surface area contributed by atoms with Gasteiger partial charge >= 0.3 is 0 Å². The molecule has 0 amide bonds. The summed E-state index contributed by atoms with van der Waals surface area (Å²) in [6.45, 7) is 3.31. The van der Waals surface area contributed by atoms with Crippen molar-refractivity contribution in [2.75, 3.05) is 13.4 Å². The molecule has 1 spiro atoms. The standard InChI is InChI=1S/C14H16O3/c1-13-4-5-14(13)9(7-16-8-17-14)6-10-11(13)2-3-12(10)15/h4-5,9H,2-3,6-8H2,1H3/t9-,13-,14-/m0/s1. The molecule has 3 heteroatoms. The molecule has 0 bridgehead atoms. The van der Waals surface area contributed by atoms with Crippen LogP contribution in [0.2, 0.25) is 0 Å². The van der Waals surface area contributed by atoms with Crippen molar-refractivity contribution in [1.82, 2.24) is 0 Å². The molecule has 0 radical (unpaired) electrons. The van der Waals surface area contributed by atoms with E-state index in [2.05, 4.69) is 19.1 Å². The summed E-state index contributed by atoms with van der Waals surface area (Å²) in [6.07, 6.45) is 6.87. The number of carbonyl (C=O) groups excluding carboxylic acids is 1. The lowest BCUT2D eigenvalue weighted by atomic mass is 9.51. The Kier molecular flexibility index (Phi) is 1.71. The van der Waals surface area contributed by atoms with Crippen molar-refractivity contribution in [1.29, 1.82) is 0 Å². The van der Waals surface area contributed by atoms with Crippen molar-refractivity contribution in [2.24, 2.45) is 11.3 Å². The zero-order valence-electron chi connectivity index (χ0n) is 9.99. The minimum atomic E-state index is -0.186. The Morgan fingerprint density at radius 2 is 2.24 bits per heavy atom. The highest BCUT2D eigenvalue weighted by atomic mass is 16.7. The van der Waals surface area contributed by atoms with Crippen molar-refractivity contribution < 1.29 is 14.3 Å². The van der Waals surface area contributed by atoms with Gasteiger partial charge in [0.25, 0.3) is 0 Å². The van der Waals surface area contributed by atoms with Crippen molar-refractivity contribution >= 4 is 5.78 Å². The van der Waals surface area contributed by atoms with Crippen molar-refractivity contribution in [3.8, 4) is 0 Å². The molecule has 4 rings (SSSR count). The van der Waals surface area contributed by atoms with Gasteiger partial charge in [0, 0.05) is 17.8 Å². The van der Waals surface area contributed by atoms with Gasteiger partial charge in [-0.15, -0.1) is 0 Å². The first-order chi connectivity index (χ1) is 8.17. The lowest BCUT2D eigenvalue weighted by Crippen LogP contribution is -2.63. The average Bonchev–Trinajstić information content (AvgIpc) is 2.69. The molecule has 0 aromatic rings. The molecule has 0 aromatic carbocycles. The maximum absolute atomic E-state index is 11.9. The average molecular weight is 232 g/mol. The van der Waals surface area contributed by atoms with Crippen LogP contribution in [-0.2, 0) is 14.3 Å². The van der Waals surface area contributed by atoms with Crippen LogP contribution >= 0.6 is 0 Å². The van der Waals surface area contributed by atoms with Gasteiger partial charge < -0.3 is 9.47 Å². The maximum atomic E-state index is 11.9. The van der Waals surface area contributed by atoms with Crippen LogP contribution in [0.4, 0.5) is 0 Å². The van der Waals surface area contributed by atoms with E-state index < -0.39 is 0 Å². The van der Waals surface area contributed by atoms with Crippen LogP contribution in [-0.4, -0.2) is 24.8 Å². The Hall–Kier alpha value is -0.930. The molecule has 1 saturated heterocycles. The van der Waals surface area contributed by atoms with E-state index in [1.54, 1.807) is 0 Å². The first-order valence-corrected chi connectivity index (χ1v) is 6.35. The number of hydrogen-bond donors (Lipinski definition) is 0. The molecule has 4 aliphatic rings. The fraction of sp³-hybridized carbons (Fsp3) is 0.643. The number of Topliss-reactive ketones (excluding diaryl/α,β-unsaturated/α-hetero) is 1. The van der Waals surface area contributed by atoms with Crippen molar-refractivity contribution in [3.05, 3.63) is 23.3 Å². The van der Waals surface area contributed by atoms with Gasteiger partial charge in [-0.05, 0) is 25.3 Å². The molecule has 0 N–H and O–H groups in total. The van der Waals surface area contributed by atoms with Crippen molar-refractivity contribution in [2.45, 2.75) is 31.8 Å². The second-order valence-electron chi connectivity index (χ2n) is 5.74. The first-order valence-electron chi connectivity index (χ1n) is 6.35. The molecule has 1 fully saturated rings. The van der Waals surface area contributed by atoms with Gasteiger partial charge in [0.1, 0.15) is 12.4 Å². The number of ketones is 1. The molecule has 0 saturated carbocycles. The molecule has 3 nitrogen and oxygen atoms in total. The van der Waals surface area contributed by atoms with Gasteiger partial charge in [-0.1, -0.05) is 17.7 Å². The molecule has 1 aliphatic heterocycles. The lowest BCUT2D eigenvalue weighted by Gasteiger charge is -2.60. The second kappa shape index (κ2) is 2.90. The predicted molar refractivity (Wildman–Crippen MR) is 61.3 cm³/mol. The second-order valence-corrected chi connectivity index (χ2v) is 5.74. The smallest absolute Gasteiger partial charge is 0.159 e. The van der Waals surface area contributed by atoms with E-state index in [0.717, 1.165) is 18.4 Å². The summed E-state index contributed by atoms with van der Waals surface area (Å²) in [4.78, 5) is 11.9. The van der Waals surface area contributed by atoms with Crippen LogP contribution in [0.15, 0.2) is 23.3 Å². The minimum Gasteiger partial charge on any atom is -0.355 e. The summed E-state index contributed by atoms with van der Waals surface area (Å²) in [5.74, 6) is 0.660. The van der Waals surface area contributed by atoms with Crippen LogP contribution in [0.3, 0.4) is 0 Å². The van der Waals surface area contributed by atoms with Gasteiger partial charge in [-0.25, -0.2) is 0 Å². The third-order valence-electron chi connectivity index (χ3n) is 5.16. The summed E-state index contributed by atoms with van der Waals surface area (Å²) in [7, 11) is 0. The summed E-state index contributed by atoms with van der Waals surface area (Å²) in [5, 5.41) is 0. The maximum Gasteiger partial charge on any atom is 0.159 e. The molecule has 0 aromatic heterocycles.